The summed E-state index contributed by atoms with van der Waals surface area (Å²) in [5, 5.41) is 8.02. The zero-order valence-electron chi connectivity index (χ0n) is 14.7. The van der Waals surface area contributed by atoms with Crippen LogP contribution in [0.4, 0.5) is 17.6 Å². The van der Waals surface area contributed by atoms with Crippen LogP contribution >= 0.6 is 0 Å². The van der Waals surface area contributed by atoms with Crippen LogP contribution in [0.3, 0.4) is 0 Å². The van der Waals surface area contributed by atoms with Crippen molar-refractivity contribution in [3.05, 3.63) is 64.9 Å². The SMILES string of the molecule is Cc1c(-c2ccc3c(c2)CN(CC(F)F)C3=O)nnn1-c1ccc(F)cc1F. The largest absolute Gasteiger partial charge is 0.329 e. The van der Waals surface area contributed by atoms with E-state index < -0.39 is 30.5 Å². The Morgan fingerprint density at radius 3 is 2.64 bits per heavy atom. The molecule has 0 N–H and O–H groups in total. The number of hydrogen-bond donors (Lipinski definition) is 0. The van der Waals surface area contributed by atoms with Gasteiger partial charge >= 0.3 is 0 Å². The van der Waals surface area contributed by atoms with Gasteiger partial charge in [0.1, 0.15) is 17.2 Å². The van der Waals surface area contributed by atoms with Gasteiger partial charge in [0.15, 0.2) is 5.82 Å². The Kier molecular flexibility index (Phi) is 4.37. The predicted octanol–water partition coefficient (Wildman–Crippen LogP) is 3.74. The second kappa shape index (κ2) is 6.74. The molecule has 0 atom stereocenters. The van der Waals surface area contributed by atoms with Gasteiger partial charge < -0.3 is 4.90 Å². The van der Waals surface area contributed by atoms with Crippen LogP contribution in [-0.2, 0) is 6.54 Å². The van der Waals surface area contributed by atoms with Gasteiger partial charge in [0.2, 0.25) is 0 Å². The fourth-order valence-electron chi connectivity index (χ4n) is 3.32. The third-order valence-corrected chi connectivity index (χ3v) is 4.65. The Balaban J connectivity index is 1.69. The molecule has 28 heavy (non-hydrogen) atoms. The number of amides is 1. The van der Waals surface area contributed by atoms with Crippen molar-refractivity contribution in [1.29, 1.82) is 0 Å². The van der Waals surface area contributed by atoms with Crippen molar-refractivity contribution in [2.45, 2.75) is 19.9 Å². The van der Waals surface area contributed by atoms with Crippen molar-refractivity contribution in [3.63, 3.8) is 0 Å². The van der Waals surface area contributed by atoms with Gasteiger partial charge in [-0.3, -0.25) is 4.79 Å². The number of hydrogen-bond acceptors (Lipinski definition) is 3. The van der Waals surface area contributed by atoms with Crippen molar-refractivity contribution in [1.82, 2.24) is 19.9 Å². The van der Waals surface area contributed by atoms with Gasteiger partial charge in [0.05, 0.1) is 12.2 Å². The Morgan fingerprint density at radius 1 is 1.14 bits per heavy atom. The normalized spacial score (nSPS) is 13.5. The first-order valence-electron chi connectivity index (χ1n) is 8.43. The Labute approximate surface area is 157 Å². The molecule has 5 nitrogen and oxygen atoms in total. The van der Waals surface area contributed by atoms with E-state index in [2.05, 4.69) is 10.3 Å². The number of benzene rings is 2. The molecule has 0 bridgehead atoms. The number of rotatable bonds is 4. The summed E-state index contributed by atoms with van der Waals surface area (Å²) in [7, 11) is 0. The highest BCUT2D eigenvalue weighted by Crippen LogP contribution is 2.30. The molecular formula is C19H14F4N4O. The lowest BCUT2D eigenvalue weighted by molar-refractivity contribution is 0.0577. The highest BCUT2D eigenvalue weighted by Gasteiger charge is 2.29. The maximum Gasteiger partial charge on any atom is 0.255 e. The van der Waals surface area contributed by atoms with Gasteiger partial charge in [0, 0.05) is 23.7 Å². The molecule has 2 heterocycles. The summed E-state index contributed by atoms with van der Waals surface area (Å²) >= 11 is 0. The molecule has 144 valence electrons. The van der Waals surface area contributed by atoms with Crippen molar-refractivity contribution in [2.75, 3.05) is 6.54 Å². The summed E-state index contributed by atoms with van der Waals surface area (Å²) in [6.45, 7) is 1.15. The molecule has 2 aromatic carbocycles. The summed E-state index contributed by atoms with van der Waals surface area (Å²) in [6, 6.07) is 8.05. The van der Waals surface area contributed by atoms with Gasteiger partial charge in [-0.25, -0.2) is 22.2 Å². The van der Waals surface area contributed by atoms with Gasteiger partial charge in [-0.15, -0.1) is 5.10 Å². The van der Waals surface area contributed by atoms with Crippen LogP contribution in [0.2, 0.25) is 0 Å². The van der Waals surface area contributed by atoms with Crippen molar-refractivity contribution in [2.24, 2.45) is 0 Å². The molecule has 0 fully saturated rings. The molecule has 0 saturated heterocycles. The first kappa shape index (κ1) is 18.1. The van der Waals surface area contributed by atoms with Gasteiger partial charge in [0.25, 0.3) is 12.3 Å². The monoisotopic (exact) mass is 390 g/mol. The lowest BCUT2D eigenvalue weighted by Gasteiger charge is -2.13. The standard InChI is InChI=1S/C19H14F4N4O/c1-10-18(24-25-27(10)16-5-3-13(20)7-15(16)21)11-2-4-14-12(6-11)8-26(19(14)28)9-17(22)23/h2-7,17H,8-9H2,1H3. The van der Waals surface area contributed by atoms with Gasteiger partial charge in [-0.1, -0.05) is 11.3 Å². The smallest absolute Gasteiger partial charge is 0.255 e. The minimum atomic E-state index is -2.61. The molecule has 0 saturated carbocycles. The Bertz CT molecular complexity index is 1080. The summed E-state index contributed by atoms with van der Waals surface area (Å²) < 4.78 is 53.7. The predicted molar refractivity (Wildman–Crippen MR) is 92.2 cm³/mol. The number of aromatic nitrogens is 3. The molecular weight excluding hydrogens is 376 g/mol. The lowest BCUT2D eigenvalue weighted by atomic mass is 10.0. The third-order valence-electron chi connectivity index (χ3n) is 4.65. The van der Waals surface area contributed by atoms with E-state index in [1.54, 1.807) is 25.1 Å². The average molecular weight is 390 g/mol. The van der Waals surface area contributed by atoms with Crippen LogP contribution in [0.15, 0.2) is 36.4 Å². The fraction of sp³-hybridized carbons (Fsp3) is 0.211. The summed E-state index contributed by atoms with van der Waals surface area (Å²) in [6.07, 6.45) is -2.61. The molecule has 0 radical (unpaired) electrons. The topological polar surface area (TPSA) is 51.0 Å². The van der Waals surface area contributed by atoms with E-state index in [9.17, 15) is 22.4 Å². The lowest BCUT2D eigenvalue weighted by Crippen LogP contribution is -2.29. The zero-order valence-corrected chi connectivity index (χ0v) is 14.7. The van der Waals surface area contributed by atoms with Crippen molar-refractivity contribution >= 4 is 5.91 Å². The quantitative estimate of drug-likeness (QED) is 0.638. The van der Waals surface area contributed by atoms with E-state index in [4.69, 9.17) is 0 Å². The number of alkyl halides is 2. The molecule has 0 unspecified atom stereocenters. The summed E-state index contributed by atoms with van der Waals surface area (Å²) in [5.74, 6) is -1.91. The molecule has 0 spiro atoms. The van der Waals surface area contributed by atoms with Crippen LogP contribution in [0.5, 0.6) is 0 Å². The number of fused-ring (bicyclic) bond motifs is 1. The number of carbonyl (C=O) groups excluding carboxylic acids is 1. The van der Waals surface area contributed by atoms with Crippen LogP contribution in [0, 0.1) is 18.6 Å². The van der Waals surface area contributed by atoms with Crippen LogP contribution in [0.1, 0.15) is 21.6 Å². The van der Waals surface area contributed by atoms with E-state index in [1.807, 2.05) is 0 Å². The molecule has 1 amide bonds. The molecule has 0 aliphatic carbocycles. The zero-order chi connectivity index (χ0) is 20.0. The minimum Gasteiger partial charge on any atom is -0.329 e. The number of halogens is 4. The minimum absolute atomic E-state index is 0.0529. The fourth-order valence-corrected chi connectivity index (χ4v) is 3.32. The average Bonchev–Trinajstić information content (AvgIpc) is 3.15. The Hall–Kier alpha value is -3.23. The molecule has 3 aromatic rings. The maximum absolute atomic E-state index is 14.1. The van der Waals surface area contributed by atoms with E-state index in [-0.39, 0.29) is 12.2 Å². The van der Waals surface area contributed by atoms with E-state index in [1.165, 1.54) is 10.7 Å². The van der Waals surface area contributed by atoms with Crippen LogP contribution in [0.25, 0.3) is 16.9 Å². The van der Waals surface area contributed by atoms with Crippen LogP contribution in [-0.4, -0.2) is 38.8 Å². The molecule has 1 aliphatic rings. The second-order valence-electron chi connectivity index (χ2n) is 6.48. The first-order valence-corrected chi connectivity index (χ1v) is 8.43. The van der Waals surface area contributed by atoms with Gasteiger partial charge in [-0.2, -0.15) is 0 Å². The third kappa shape index (κ3) is 3.02. The van der Waals surface area contributed by atoms with E-state index in [0.29, 0.717) is 28.1 Å². The van der Waals surface area contributed by atoms with E-state index >= 15 is 0 Å². The molecule has 1 aromatic heterocycles. The highest BCUT2D eigenvalue weighted by atomic mass is 19.3. The summed E-state index contributed by atoms with van der Waals surface area (Å²) in [5.41, 5.74) is 2.63. The van der Waals surface area contributed by atoms with Crippen molar-refractivity contribution in [3.8, 4) is 16.9 Å². The highest BCUT2D eigenvalue weighted by molar-refractivity contribution is 5.99. The van der Waals surface area contributed by atoms with Crippen LogP contribution < -0.4 is 0 Å². The second-order valence-corrected chi connectivity index (χ2v) is 6.48. The molecule has 4 rings (SSSR count). The molecule has 9 heteroatoms. The van der Waals surface area contributed by atoms with E-state index in [0.717, 1.165) is 17.0 Å². The molecule has 1 aliphatic heterocycles. The van der Waals surface area contributed by atoms with Crippen molar-refractivity contribution < 1.29 is 22.4 Å². The number of carbonyl (C=O) groups is 1. The summed E-state index contributed by atoms with van der Waals surface area (Å²) in [4.78, 5) is 13.3. The number of nitrogens with zero attached hydrogens (tertiary/aromatic N) is 4. The first-order chi connectivity index (χ1) is 13.3. The van der Waals surface area contributed by atoms with Gasteiger partial charge in [-0.05, 0) is 36.8 Å². The Morgan fingerprint density at radius 2 is 1.93 bits per heavy atom. The maximum atomic E-state index is 14.1.